The summed E-state index contributed by atoms with van der Waals surface area (Å²) in [6.07, 6.45) is 0. The van der Waals surface area contributed by atoms with Crippen LogP contribution in [0.5, 0.6) is 0 Å². The molecule has 0 saturated carbocycles. The topological polar surface area (TPSA) is 0 Å². The van der Waals surface area contributed by atoms with Crippen molar-refractivity contribution < 1.29 is 52.7 Å². The summed E-state index contributed by atoms with van der Waals surface area (Å²) in [5, 5.41) is 0. The third kappa shape index (κ3) is 9.10. The predicted octanol–water partition coefficient (Wildman–Crippen LogP) is -2.10. The molecule has 4 heteroatoms. The largest absolute Gasteiger partial charge is 0 e. The Labute approximate surface area is 105 Å². The van der Waals surface area contributed by atoms with Crippen LogP contribution in [-0.4, -0.2) is 55.1 Å². The van der Waals surface area contributed by atoms with Crippen molar-refractivity contribution in [2.75, 3.05) is 0 Å². The molecule has 0 spiro atoms. The Morgan fingerprint density at radius 1 is 1.00 bits per heavy atom. The van der Waals surface area contributed by atoms with E-state index in [2.05, 4.69) is 0 Å². The van der Waals surface area contributed by atoms with Crippen molar-refractivity contribution in [1.82, 2.24) is 0 Å². The van der Waals surface area contributed by atoms with Gasteiger partial charge < -0.3 is 0 Å². The zero-order chi connectivity index (χ0) is 0. The van der Waals surface area contributed by atoms with Gasteiger partial charge >= 0.3 is 37.7 Å². The van der Waals surface area contributed by atoms with E-state index in [4.69, 9.17) is 0 Å². The molecule has 0 atom stereocenters. The van der Waals surface area contributed by atoms with Crippen molar-refractivity contribution in [3.63, 3.8) is 0 Å². The second-order valence-corrected chi connectivity index (χ2v) is 0. The van der Waals surface area contributed by atoms with Gasteiger partial charge in [0, 0.05) is 52.7 Å². The maximum absolute atomic E-state index is 0. The molecule has 4 heavy (non-hydrogen) atoms. The average Bonchev–Trinajstić information content (AvgIpc) is 0. The fourth-order valence-electron chi connectivity index (χ4n) is 0. The van der Waals surface area contributed by atoms with Crippen LogP contribution in [0.2, 0.25) is 0 Å². The first-order valence-corrected chi connectivity index (χ1v) is 0. The summed E-state index contributed by atoms with van der Waals surface area (Å²) in [5.41, 5.74) is 0. The normalized spacial score (nSPS) is 0. The summed E-state index contributed by atoms with van der Waals surface area (Å²) in [4.78, 5) is 0. The van der Waals surface area contributed by atoms with Gasteiger partial charge in [-0.25, -0.2) is 0 Å². The molecule has 0 aromatic heterocycles. The quantitative estimate of drug-likeness (QED) is 0.440. The van der Waals surface area contributed by atoms with Crippen LogP contribution in [0, 0.1) is 35.6 Å². The molecule has 0 saturated heterocycles. The Morgan fingerprint density at radius 2 is 1.00 bits per heavy atom. The molecular formula is H5AlCaLaMn. The minimum absolute atomic E-state index is 0. The second kappa shape index (κ2) is 16.0. The molecular weight excluding hydrogens is 261 g/mol. The van der Waals surface area contributed by atoms with E-state index in [1.807, 2.05) is 0 Å². The van der Waals surface area contributed by atoms with Crippen molar-refractivity contribution in [1.29, 1.82) is 0 Å². The van der Waals surface area contributed by atoms with E-state index < -0.39 is 0 Å². The smallest absolute Gasteiger partial charge is 0 e. The Balaban J connectivity index is 0. The molecule has 20 valence electrons. The maximum Gasteiger partial charge on any atom is 0 e. The minimum atomic E-state index is 0. The number of hydrogen-bond acceptors (Lipinski definition) is 0. The van der Waals surface area contributed by atoms with Crippen LogP contribution in [0.15, 0.2) is 0 Å². The van der Waals surface area contributed by atoms with Crippen LogP contribution in [-0.2, 0) is 17.1 Å². The van der Waals surface area contributed by atoms with E-state index in [0.717, 1.165) is 0 Å². The van der Waals surface area contributed by atoms with Crippen LogP contribution in [0.4, 0.5) is 0 Å². The van der Waals surface area contributed by atoms with Crippen LogP contribution in [0.25, 0.3) is 0 Å². The molecule has 0 rings (SSSR count). The molecule has 0 aliphatic rings. The zero-order valence-electron chi connectivity index (χ0n) is 0.955. The molecule has 0 bridgehead atoms. The molecule has 0 heterocycles. The van der Waals surface area contributed by atoms with Gasteiger partial charge in [0.2, 0.25) is 0 Å². The Hall–Kier alpha value is 3.51. The SMILES string of the molecule is [AlH3].[CaH2].[La].[Mn]. The Bertz CT molecular complexity index is 8.00. The van der Waals surface area contributed by atoms with Crippen molar-refractivity contribution in [3.05, 3.63) is 0 Å². The fraction of sp³-hybridized carbons (Fsp3) is 0. The van der Waals surface area contributed by atoms with Gasteiger partial charge in [-0.2, -0.15) is 0 Å². The monoisotopic (exact) mass is 266 g/mol. The van der Waals surface area contributed by atoms with E-state index in [0.29, 0.717) is 0 Å². The first-order valence-electron chi connectivity index (χ1n) is 0. The summed E-state index contributed by atoms with van der Waals surface area (Å²) in [5.74, 6) is 0. The van der Waals surface area contributed by atoms with E-state index in [1.165, 1.54) is 0 Å². The summed E-state index contributed by atoms with van der Waals surface area (Å²) < 4.78 is 0. The molecule has 0 aromatic rings. The van der Waals surface area contributed by atoms with Gasteiger partial charge in [0.15, 0.2) is 17.4 Å². The summed E-state index contributed by atoms with van der Waals surface area (Å²) in [6, 6.07) is 0. The minimum Gasteiger partial charge on any atom is 0 e. The molecule has 0 aromatic carbocycles. The standard InChI is InChI=1S/Al.Ca.La.Mn.5H. The van der Waals surface area contributed by atoms with E-state index in [1.54, 1.807) is 0 Å². The fourth-order valence-corrected chi connectivity index (χ4v) is 0. The molecule has 2 radical (unpaired) electrons. The van der Waals surface area contributed by atoms with Crippen LogP contribution in [0.3, 0.4) is 0 Å². The molecule has 0 aliphatic carbocycles. The molecule has 0 aliphatic heterocycles. The van der Waals surface area contributed by atoms with Crippen LogP contribution < -0.4 is 0 Å². The van der Waals surface area contributed by atoms with E-state index >= 15 is 0 Å². The molecule has 0 fully saturated rings. The predicted molar refractivity (Wildman–Crippen MR) is 18.5 cm³/mol. The first kappa shape index (κ1) is 25.8. The first-order chi connectivity index (χ1) is 0. The molecule has 0 nitrogen and oxygen atoms in total. The Morgan fingerprint density at radius 3 is 1.00 bits per heavy atom. The van der Waals surface area contributed by atoms with Gasteiger partial charge in [0.25, 0.3) is 0 Å². The average molecular weight is 266 g/mol. The van der Waals surface area contributed by atoms with Gasteiger partial charge in [0.05, 0.1) is 0 Å². The van der Waals surface area contributed by atoms with E-state index in [9.17, 15) is 0 Å². The molecule has 0 N–H and O–H groups in total. The molecule has 0 unspecified atom stereocenters. The van der Waals surface area contributed by atoms with Crippen molar-refractivity contribution >= 4 is 55.1 Å². The zero-order valence-corrected chi connectivity index (χ0v) is 5.76. The summed E-state index contributed by atoms with van der Waals surface area (Å²) in [6.45, 7) is 0. The second-order valence-electron chi connectivity index (χ2n) is 0. The molecule has 0 amide bonds. The summed E-state index contributed by atoms with van der Waals surface area (Å²) in [7, 11) is 0. The van der Waals surface area contributed by atoms with Crippen LogP contribution >= 0.6 is 0 Å². The van der Waals surface area contributed by atoms with Gasteiger partial charge in [-0.3, -0.25) is 0 Å². The third-order valence-corrected chi connectivity index (χ3v) is 0. The number of rotatable bonds is 0. The van der Waals surface area contributed by atoms with Gasteiger partial charge in [-0.05, 0) is 0 Å². The van der Waals surface area contributed by atoms with Crippen molar-refractivity contribution in [2.24, 2.45) is 0 Å². The van der Waals surface area contributed by atoms with Gasteiger partial charge in [-0.1, -0.05) is 0 Å². The summed E-state index contributed by atoms with van der Waals surface area (Å²) >= 11 is 0. The van der Waals surface area contributed by atoms with Crippen LogP contribution in [0.1, 0.15) is 0 Å². The van der Waals surface area contributed by atoms with Gasteiger partial charge in [-0.15, -0.1) is 0 Å². The number of hydrogen-bond donors (Lipinski definition) is 0. The third-order valence-electron chi connectivity index (χ3n) is 0. The maximum atomic E-state index is 0. The van der Waals surface area contributed by atoms with E-state index in [-0.39, 0.29) is 108 Å². The Kier molecular flexibility index (Phi) is 104. The van der Waals surface area contributed by atoms with Gasteiger partial charge in [0.1, 0.15) is 0 Å². The van der Waals surface area contributed by atoms with Crippen molar-refractivity contribution in [3.8, 4) is 0 Å². The van der Waals surface area contributed by atoms with Crippen molar-refractivity contribution in [2.45, 2.75) is 0 Å².